The smallest absolute Gasteiger partial charge is 0.387 e. The molecule has 6 nitrogen and oxygen atoms in total. The first-order chi connectivity index (χ1) is 13.0. The fourth-order valence-electron chi connectivity index (χ4n) is 2.29. The van der Waals surface area contributed by atoms with Gasteiger partial charge in [-0.25, -0.2) is 0 Å². The topological polar surface area (TPSA) is 66.6 Å². The van der Waals surface area contributed by atoms with Crippen LogP contribution in [0.4, 0.5) is 8.78 Å². The number of ether oxygens (including phenoxy) is 3. The Labute approximate surface area is 158 Å². The van der Waals surface area contributed by atoms with Gasteiger partial charge >= 0.3 is 6.61 Å². The van der Waals surface area contributed by atoms with E-state index in [1.807, 2.05) is 13.0 Å². The summed E-state index contributed by atoms with van der Waals surface area (Å²) in [5, 5.41) is 4.33. The van der Waals surface area contributed by atoms with E-state index in [9.17, 15) is 8.78 Å². The molecule has 0 aliphatic carbocycles. The number of benzene rings is 2. The van der Waals surface area contributed by atoms with Crippen molar-refractivity contribution in [3.05, 3.63) is 52.9 Å². The lowest BCUT2D eigenvalue weighted by molar-refractivity contribution is -0.0512. The van der Waals surface area contributed by atoms with Gasteiger partial charge in [-0.1, -0.05) is 22.8 Å². The molecule has 0 amide bonds. The lowest BCUT2D eigenvalue weighted by Crippen LogP contribution is -2.03. The Morgan fingerprint density at radius 2 is 1.93 bits per heavy atom. The second-order valence-corrected chi connectivity index (χ2v) is 5.89. The summed E-state index contributed by atoms with van der Waals surface area (Å²) in [6.07, 6.45) is 0. The minimum atomic E-state index is -2.95. The van der Waals surface area contributed by atoms with Crippen LogP contribution in [0.5, 0.6) is 17.2 Å². The zero-order chi connectivity index (χ0) is 19.4. The Bertz CT molecular complexity index is 933. The zero-order valence-corrected chi connectivity index (χ0v) is 15.2. The molecule has 0 saturated heterocycles. The van der Waals surface area contributed by atoms with Crippen LogP contribution in [-0.4, -0.2) is 23.9 Å². The van der Waals surface area contributed by atoms with E-state index in [1.54, 1.807) is 12.1 Å². The van der Waals surface area contributed by atoms with E-state index in [2.05, 4.69) is 14.9 Å². The van der Waals surface area contributed by atoms with Gasteiger partial charge in [-0.2, -0.15) is 13.8 Å². The van der Waals surface area contributed by atoms with Gasteiger partial charge in [0.25, 0.3) is 5.89 Å². The Morgan fingerprint density at radius 1 is 1.11 bits per heavy atom. The van der Waals surface area contributed by atoms with Crippen molar-refractivity contribution in [2.75, 3.05) is 7.11 Å². The highest BCUT2D eigenvalue weighted by Crippen LogP contribution is 2.32. The molecule has 0 fully saturated rings. The van der Waals surface area contributed by atoms with Crippen LogP contribution in [0.25, 0.3) is 11.4 Å². The van der Waals surface area contributed by atoms with Crippen LogP contribution >= 0.6 is 11.6 Å². The average molecular weight is 397 g/mol. The number of halogens is 3. The Morgan fingerprint density at radius 3 is 2.67 bits per heavy atom. The maximum atomic E-state index is 12.4. The molecule has 0 N–H and O–H groups in total. The summed E-state index contributed by atoms with van der Waals surface area (Å²) in [6.45, 7) is -1.00. The van der Waals surface area contributed by atoms with E-state index in [-0.39, 0.29) is 29.8 Å². The molecule has 0 atom stereocenters. The number of aryl methyl sites for hydroxylation is 1. The van der Waals surface area contributed by atoms with Crippen LogP contribution in [0.1, 0.15) is 11.5 Å². The van der Waals surface area contributed by atoms with Crippen molar-refractivity contribution in [3.63, 3.8) is 0 Å². The van der Waals surface area contributed by atoms with Crippen LogP contribution in [0.3, 0.4) is 0 Å². The van der Waals surface area contributed by atoms with Gasteiger partial charge in [0.1, 0.15) is 5.75 Å². The molecule has 0 radical (unpaired) electrons. The third-order valence-corrected chi connectivity index (χ3v) is 3.86. The van der Waals surface area contributed by atoms with Crippen molar-refractivity contribution in [1.82, 2.24) is 10.1 Å². The second-order valence-electron chi connectivity index (χ2n) is 5.48. The SMILES string of the molecule is COc1cc(-c2noc(COc3cc(C)ccc3Cl)n2)ccc1OC(F)F. The van der Waals surface area contributed by atoms with E-state index >= 15 is 0 Å². The van der Waals surface area contributed by atoms with Gasteiger partial charge in [0.15, 0.2) is 18.1 Å². The minimum absolute atomic E-state index is 0.0277. The molecular formula is C18H15ClF2N2O4. The predicted molar refractivity (Wildman–Crippen MR) is 93.4 cm³/mol. The summed E-state index contributed by atoms with van der Waals surface area (Å²) in [6, 6.07) is 9.75. The van der Waals surface area contributed by atoms with Crippen molar-refractivity contribution >= 4 is 11.6 Å². The van der Waals surface area contributed by atoms with Crippen LogP contribution in [0, 0.1) is 6.92 Å². The molecule has 3 rings (SSSR count). The number of rotatable bonds is 7. The molecule has 0 bridgehead atoms. The molecule has 9 heteroatoms. The fourth-order valence-corrected chi connectivity index (χ4v) is 2.46. The highest BCUT2D eigenvalue weighted by molar-refractivity contribution is 6.32. The molecular weight excluding hydrogens is 382 g/mol. The van der Waals surface area contributed by atoms with Gasteiger partial charge in [-0.15, -0.1) is 0 Å². The standard InChI is InChI=1S/C18H15ClF2N2O4/c1-10-3-5-12(19)14(7-10)25-9-16-22-17(23-27-16)11-4-6-13(26-18(20)21)15(8-11)24-2/h3-8,18H,9H2,1-2H3. The molecule has 0 aliphatic heterocycles. The second kappa shape index (κ2) is 8.22. The summed E-state index contributed by atoms with van der Waals surface area (Å²) < 4.78 is 45.0. The van der Waals surface area contributed by atoms with Crippen molar-refractivity contribution in [3.8, 4) is 28.6 Å². The minimum Gasteiger partial charge on any atom is -0.493 e. The Kier molecular flexibility index (Phi) is 5.75. The number of nitrogens with zero attached hydrogens (tertiary/aromatic N) is 2. The van der Waals surface area contributed by atoms with Crippen LogP contribution in [-0.2, 0) is 6.61 Å². The first-order valence-electron chi connectivity index (χ1n) is 7.81. The highest BCUT2D eigenvalue weighted by Gasteiger charge is 2.15. The third-order valence-electron chi connectivity index (χ3n) is 3.54. The molecule has 1 heterocycles. The normalized spacial score (nSPS) is 10.9. The predicted octanol–water partition coefficient (Wildman–Crippen LogP) is 4.89. The molecule has 0 saturated carbocycles. The number of methoxy groups -OCH3 is 1. The lowest BCUT2D eigenvalue weighted by Gasteiger charge is -2.10. The molecule has 1 aromatic heterocycles. The molecule has 0 unspecified atom stereocenters. The average Bonchev–Trinajstić information content (AvgIpc) is 3.11. The van der Waals surface area contributed by atoms with Gasteiger partial charge in [-0.3, -0.25) is 0 Å². The Hall–Kier alpha value is -2.87. The van der Waals surface area contributed by atoms with Gasteiger partial charge in [0.05, 0.1) is 12.1 Å². The van der Waals surface area contributed by atoms with E-state index in [0.717, 1.165) is 5.56 Å². The van der Waals surface area contributed by atoms with Crippen molar-refractivity contribution in [2.24, 2.45) is 0 Å². The first kappa shape index (κ1) is 18.9. The lowest BCUT2D eigenvalue weighted by atomic mass is 10.2. The third kappa shape index (κ3) is 4.65. The molecule has 0 aliphatic rings. The summed E-state index contributed by atoms with van der Waals surface area (Å²) in [4.78, 5) is 4.22. The summed E-state index contributed by atoms with van der Waals surface area (Å²) in [7, 11) is 1.35. The molecule has 0 spiro atoms. The number of alkyl halides is 2. The monoisotopic (exact) mass is 396 g/mol. The van der Waals surface area contributed by atoms with E-state index in [0.29, 0.717) is 16.3 Å². The van der Waals surface area contributed by atoms with Gasteiger partial charge in [0.2, 0.25) is 5.82 Å². The van der Waals surface area contributed by atoms with Gasteiger partial charge in [-0.05, 0) is 42.8 Å². The first-order valence-corrected chi connectivity index (χ1v) is 8.19. The largest absolute Gasteiger partial charge is 0.493 e. The fraction of sp³-hybridized carbons (Fsp3) is 0.222. The molecule has 142 valence electrons. The number of aromatic nitrogens is 2. The van der Waals surface area contributed by atoms with Crippen molar-refractivity contribution in [1.29, 1.82) is 0 Å². The summed E-state index contributed by atoms with van der Waals surface area (Å²) in [5.41, 5.74) is 1.51. The van der Waals surface area contributed by atoms with E-state index < -0.39 is 6.61 Å². The van der Waals surface area contributed by atoms with Crippen molar-refractivity contribution in [2.45, 2.75) is 20.1 Å². The molecule has 3 aromatic rings. The van der Waals surface area contributed by atoms with E-state index in [1.165, 1.54) is 25.3 Å². The summed E-state index contributed by atoms with van der Waals surface area (Å²) >= 11 is 6.08. The van der Waals surface area contributed by atoms with Crippen molar-refractivity contribution < 1.29 is 27.5 Å². The molecule has 2 aromatic carbocycles. The maximum absolute atomic E-state index is 12.4. The Balaban J connectivity index is 1.74. The number of hydrogen-bond donors (Lipinski definition) is 0. The van der Waals surface area contributed by atoms with Crippen LogP contribution < -0.4 is 14.2 Å². The van der Waals surface area contributed by atoms with Gasteiger partial charge < -0.3 is 18.7 Å². The molecule has 27 heavy (non-hydrogen) atoms. The van der Waals surface area contributed by atoms with E-state index in [4.69, 9.17) is 25.6 Å². The quantitative estimate of drug-likeness (QED) is 0.566. The van der Waals surface area contributed by atoms with Crippen LogP contribution in [0.2, 0.25) is 5.02 Å². The number of hydrogen-bond acceptors (Lipinski definition) is 6. The highest BCUT2D eigenvalue weighted by atomic mass is 35.5. The van der Waals surface area contributed by atoms with Gasteiger partial charge in [0, 0.05) is 5.56 Å². The summed E-state index contributed by atoms with van der Waals surface area (Å²) in [5.74, 6) is 1.03. The maximum Gasteiger partial charge on any atom is 0.387 e. The zero-order valence-electron chi connectivity index (χ0n) is 14.4. The van der Waals surface area contributed by atoms with Crippen LogP contribution in [0.15, 0.2) is 40.9 Å².